The van der Waals surface area contributed by atoms with Gasteiger partial charge < -0.3 is 0 Å². The number of nitrogens with zero attached hydrogens (tertiary/aromatic N) is 2. The second-order valence-electron chi connectivity index (χ2n) is 4.56. The van der Waals surface area contributed by atoms with Crippen molar-refractivity contribution in [1.29, 1.82) is 0 Å². The van der Waals surface area contributed by atoms with Crippen molar-refractivity contribution in [2.45, 2.75) is 32.7 Å². The van der Waals surface area contributed by atoms with Gasteiger partial charge in [-0.1, -0.05) is 6.07 Å². The number of carbonyl (C=O) groups excluding carboxylic acids is 1. The zero-order valence-electron chi connectivity index (χ0n) is 8.74. The highest BCUT2D eigenvalue weighted by atomic mass is 16.2. The van der Waals surface area contributed by atoms with Gasteiger partial charge in [-0.3, -0.25) is 9.69 Å². The molecule has 3 nitrogen and oxygen atoms in total. The van der Waals surface area contributed by atoms with Crippen molar-refractivity contribution in [2.75, 3.05) is 4.90 Å². The summed E-state index contributed by atoms with van der Waals surface area (Å²) in [6, 6.07) is 3.84. The minimum Gasteiger partial charge on any atom is -0.291 e. The van der Waals surface area contributed by atoms with E-state index in [0.717, 1.165) is 11.4 Å². The summed E-state index contributed by atoms with van der Waals surface area (Å²) in [5.74, 6) is 0.969. The number of hydrogen-bond acceptors (Lipinski definition) is 2. The summed E-state index contributed by atoms with van der Waals surface area (Å²) in [6.45, 7) is 6.07. The van der Waals surface area contributed by atoms with Gasteiger partial charge in [0.15, 0.2) is 0 Å². The fraction of sp³-hybridized carbons (Fsp3) is 0.455. The number of pyridine rings is 1. The Hall–Kier alpha value is -1.38. The maximum Gasteiger partial charge on any atom is 0.233 e. The highest BCUT2D eigenvalue weighted by molar-refractivity contribution is 6.01. The molecule has 1 aliphatic rings. The maximum atomic E-state index is 11.8. The average Bonchev–Trinajstić information content (AvgIpc) is 2.38. The van der Waals surface area contributed by atoms with Gasteiger partial charge in [0.2, 0.25) is 5.91 Å². The second kappa shape index (κ2) is 2.80. The zero-order chi connectivity index (χ0) is 10.3. The Kier molecular flexibility index (Phi) is 1.84. The molecule has 0 unspecified atom stereocenters. The van der Waals surface area contributed by atoms with Crippen LogP contribution in [0.15, 0.2) is 18.3 Å². The van der Waals surface area contributed by atoms with E-state index in [4.69, 9.17) is 0 Å². The van der Waals surface area contributed by atoms with Gasteiger partial charge in [0.1, 0.15) is 5.82 Å². The maximum absolute atomic E-state index is 11.8. The van der Waals surface area contributed by atoms with Gasteiger partial charge in [-0.25, -0.2) is 4.98 Å². The van der Waals surface area contributed by atoms with E-state index in [1.165, 1.54) is 0 Å². The highest BCUT2D eigenvalue weighted by Crippen LogP contribution is 2.31. The highest BCUT2D eigenvalue weighted by Gasteiger charge is 2.35. The summed E-state index contributed by atoms with van der Waals surface area (Å²) in [4.78, 5) is 17.8. The lowest BCUT2D eigenvalue weighted by molar-refractivity contribution is -0.118. The Morgan fingerprint density at radius 2 is 2.14 bits per heavy atom. The molecule has 3 heteroatoms. The van der Waals surface area contributed by atoms with Crippen LogP contribution in [0.5, 0.6) is 0 Å². The van der Waals surface area contributed by atoms with Crippen LogP contribution in [0.4, 0.5) is 5.82 Å². The lowest BCUT2D eigenvalue weighted by Crippen LogP contribution is -2.43. The monoisotopic (exact) mass is 190 g/mol. The first kappa shape index (κ1) is 9.19. The topological polar surface area (TPSA) is 33.2 Å². The van der Waals surface area contributed by atoms with Crippen molar-refractivity contribution in [2.24, 2.45) is 0 Å². The van der Waals surface area contributed by atoms with Crippen molar-refractivity contribution in [3.63, 3.8) is 0 Å². The molecule has 0 radical (unpaired) electrons. The first-order chi connectivity index (χ1) is 6.50. The second-order valence-corrected chi connectivity index (χ2v) is 4.56. The molecule has 1 aromatic heterocycles. The van der Waals surface area contributed by atoms with E-state index in [-0.39, 0.29) is 11.4 Å². The van der Waals surface area contributed by atoms with Crippen molar-refractivity contribution in [3.8, 4) is 0 Å². The standard InChI is InChI=1S/C11H14N2O/c1-11(2,3)13-9(14)7-8-5-4-6-12-10(8)13/h4-6H,7H2,1-3H3. The van der Waals surface area contributed by atoms with Gasteiger partial charge >= 0.3 is 0 Å². The smallest absolute Gasteiger partial charge is 0.233 e. The number of rotatable bonds is 0. The first-order valence-corrected chi connectivity index (χ1v) is 4.77. The largest absolute Gasteiger partial charge is 0.291 e. The van der Waals surface area contributed by atoms with Crippen molar-refractivity contribution in [3.05, 3.63) is 23.9 Å². The minimum absolute atomic E-state index is 0.145. The Morgan fingerprint density at radius 3 is 2.79 bits per heavy atom. The average molecular weight is 190 g/mol. The van der Waals surface area contributed by atoms with E-state index in [9.17, 15) is 4.79 Å². The predicted octanol–water partition coefficient (Wildman–Crippen LogP) is 1.77. The van der Waals surface area contributed by atoms with Crippen molar-refractivity contribution < 1.29 is 4.79 Å². The molecule has 14 heavy (non-hydrogen) atoms. The first-order valence-electron chi connectivity index (χ1n) is 4.77. The van der Waals surface area contributed by atoms with Crippen LogP contribution < -0.4 is 4.90 Å². The molecular formula is C11H14N2O. The van der Waals surface area contributed by atoms with E-state index in [1.54, 1.807) is 11.1 Å². The van der Waals surface area contributed by atoms with Crippen LogP contribution >= 0.6 is 0 Å². The summed E-state index contributed by atoms with van der Waals surface area (Å²) < 4.78 is 0. The fourth-order valence-corrected chi connectivity index (χ4v) is 1.82. The molecule has 1 amide bonds. The lowest BCUT2D eigenvalue weighted by Gasteiger charge is -2.31. The molecule has 0 N–H and O–H groups in total. The summed E-state index contributed by atoms with van der Waals surface area (Å²) in [5, 5.41) is 0. The predicted molar refractivity (Wildman–Crippen MR) is 55.2 cm³/mol. The van der Waals surface area contributed by atoms with Crippen LogP contribution in [-0.4, -0.2) is 16.4 Å². The molecule has 0 bridgehead atoms. The minimum atomic E-state index is -0.184. The molecule has 2 heterocycles. The molecule has 0 saturated carbocycles. The van der Waals surface area contributed by atoms with Gasteiger partial charge in [-0.05, 0) is 26.8 Å². The third-order valence-corrected chi connectivity index (χ3v) is 2.34. The molecule has 0 fully saturated rings. The fourth-order valence-electron chi connectivity index (χ4n) is 1.82. The van der Waals surface area contributed by atoms with Crippen LogP contribution in [0, 0.1) is 0 Å². The third kappa shape index (κ3) is 1.29. The summed E-state index contributed by atoms with van der Waals surface area (Å²) in [6.07, 6.45) is 2.22. The van der Waals surface area contributed by atoms with Crippen molar-refractivity contribution >= 4 is 11.7 Å². The van der Waals surface area contributed by atoms with E-state index >= 15 is 0 Å². The van der Waals surface area contributed by atoms with E-state index in [0.29, 0.717) is 6.42 Å². The molecular weight excluding hydrogens is 176 g/mol. The van der Waals surface area contributed by atoms with E-state index in [1.807, 2.05) is 32.9 Å². The van der Waals surface area contributed by atoms with Crippen LogP contribution in [-0.2, 0) is 11.2 Å². The number of fused-ring (bicyclic) bond motifs is 1. The number of carbonyl (C=O) groups is 1. The zero-order valence-corrected chi connectivity index (χ0v) is 8.74. The molecule has 1 aliphatic heterocycles. The summed E-state index contributed by atoms with van der Waals surface area (Å²) in [5.41, 5.74) is 0.851. The van der Waals surface area contributed by atoms with Gasteiger partial charge in [-0.15, -0.1) is 0 Å². The Balaban J connectivity index is 2.50. The SMILES string of the molecule is CC(C)(C)N1C(=O)Cc2cccnc21. The Bertz CT molecular complexity index is 379. The van der Waals surface area contributed by atoms with Crippen LogP contribution in [0.25, 0.3) is 0 Å². The molecule has 0 spiro atoms. The van der Waals surface area contributed by atoms with Gasteiger partial charge in [0.25, 0.3) is 0 Å². The molecule has 0 aliphatic carbocycles. The van der Waals surface area contributed by atoms with Crippen LogP contribution in [0.2, 0.25) is 0 Å². The summed E-state index contributed by atoms with van der Waals surface area (Å²) >= 11 is 0. The Labute approximate surface area is 83.8 Å². The van der Waals surface area contributed by atoms with Gasteiger partial charge in [0, 0.05) is 17.3 Å². The number of amides is 1. The molecule has 2 rings (SSSR count). The van der Waals surface area contributed by atoms with Crippen molar-refractivity contribution in [1.82, 2.24) is 4.98 Å². The number of anilines is 1. The number of hydrogen-bond donors (Lipinski definition) is 0. The van der Waals surface area contributed by atoms with E-state index in [2.05, 4.69) is 4.98 Å². The molecule has 0 aromatic carbocycles. The molecule has 0 atom stereocenters. The Morgan fingerprint density at radius 1 is 1.43 bits per heavy atom. The normalized spacial score (nSPS) is 15.9. The summed E-state index contributed by atoms with van der Waals surface area (Å²) in [7, 11) is 0. The van der Waals surface area contributed by atoms with Crippen LogP contribution in [0.1, 0.15) is 26.3 Å². The molecule has 1 aromatic rings. The van der Waals surface area contributed by atoms with Crippen LogP contribution in [0.3, 0.4) is 0 Å². The van der Waals surface area contributed by atoms with Gasteiger partial charge in [0.05, 0.1) is 6.42 Å². The van der Waals surface area contributed by atoms with Gasteiger partial charge in [-0.2, -0.15) is 0 Å². The molecule has 0 saturated heterocycles. The third-order valence-electron chi connectivity index (χ3n) is 2.34. The molecule has 74 valence electrons. The van der Waals surface area contributed by atoms with E-state index < -0.39 is 0 Å². The quantitative estimate of drug-likeness (QED) is 0.624. The number of aromatic nitrogens is 1. The lowest BCUT2D eigenvalue weighted by atomic mass is 10.1.